The van der Waals surface area contributed by atoms with Gasteiger partial charge >= 0.3 is 0 Å². The highest BCUT2D eigenvalue weighted by atomic mass is 35.5. The largest absolute Gasteiger partial charge is 0.493 e. The number of piperidine rings is 1. The fourth-order valence-corrected chi connectivity index (χ4v) is 3.00. The lowest BCUT2D eigenvalue weighted by molar-refractivity contribution is 0.152. The van der Waals surface area contributed by atoms with Gasteiger partial charge in [-0.2, -0.15) is 0 Å². The van der Waals surface area contributed by atoms with Gasteiger partial charge in [-0.1, -0.05) is 18.0 Å². The first-order valence-electron chi connectivity index (χ1n) is 7.46. The summed E-state index contributed by atoms with van der Waals surface area (Å²) in [4.78, 5) is 2.45. The molecule has 2 rings (SSSR count). The van der Waals surface area contributed by atoms with Crippen LogP contribution in [-0.2, 0) is 0 Å². The zero-order valence-corrected chi connectivity index (χ0v) is 13.2. The summed E-state index contributed by atoms with van der Waals surface area (Å²) in [7, 11) is 2.21. The van der Waals surface area contributed by atoms with Gasteiger partial charge in [-0.15, -0.1) is 0 Å². The Morgan fingerprint density at radius 1 is 1.45 bits per heavy atom. The van der Waals surface area contributed by atoms with E-state index in [0.717, 1.165) is 24.3 Å². The third kappa shape index (κ3) is 4.11. The van der Waals surface area contributed by atoms with Crippen LogP contribution in [0.3, 0.4) is 0 Å². The summed E-state index contributed by atoms with van der Waals surface area (Å²) in [6, 6.07) is 6.26. The number of nitrogens with zero attached hydrogens (tertiary/aromatic N) is 1. The molecule has 0 bridgehead atoms. The first-order valence-corrected chi connectivity index (χ1v) is 7.84. The average Bonchev–Trinajstić information content (AvgIpc) is 2.42. The van der Waals surface area contributed by atoms with Crippen molar-refractivity contribution in [2.24, 2.45) is 5.73 Å². The molecule has 2 N–H and O–H groups in total. The first-order chi connectivity index (χ1) is 9.58. The van der Waals surface area contributed by atoms with Crippen molar-refractivity contribution in [1.82, 2.24) is 4.90 Å². The highest BCUT2D eigenvalue weighted by Gasteiger charge is 2.18. The quantitative estimate of drug-likeness (QED) is 0.902. The summed E-state index contributed by atoms with van der Waals surface area (Å²) in [5.41, 5.74) is 6.95. The van der Waals surface area contributed by atoms with Gasteiger partial charge in [0, 0.05) is 22.7 Å². The van der Waals surface area contributed by atoms with E-state index in [-0.39, 0.29) is 6.04 Å². The summed E-state index contributed by atoms with van der Waals surface area (Å²) in [6.07, 6.45) is 5.00. The molecule has 1 unspecified atom stereocenters. The predicted octanol–water partition coefficient (Wildman–Crippen LogP) is 3.61. The maximum atomic E-state index is 6.02. The van der Waals surface area contributed by atoms with Gasteiger partial charge in [-0.05, 0) is 58.0 Å². The highest BCUT2D eigenvalue weighted by molar-refractivity contribution is 6.30. The molecule has 0 spiro atoms. The van der Waals surface area contributed by atoms with Crippen LogP contribution in [0.4, 0.5) is 0 Å². The fourth-order valence-electron chi connectivity index (χ4n) is 2.82. The molecule has 0 saturated carbocycles. The Morgan fingerprint density at radius 3 is 2.95 bits per heavy atom. The second kappa shape index (κ2) is 7.30. The molecule has 1 heterocycles. The van der Waals surface area contributed by atoms with Crippen LogP contribution in [0.2, 0.25) is 5.02 Å². The normalized spacial score (nSPS) is 21.7. The van der Waals surface area contributed by atoms with E-state index < -0.39 is 0 Å². The minimum absolute atomic E-state index is 0.0685. The van der Waals surface area contributed by atoms with E-state index in [1.54, 1.807) is 0 Å². The fraction of sp³-hybridized carbons (Fsp3) is 0.625. The van der Waals surface area contributed by atoms with E-state index in [1.165, 1.54) is 25.8 Å². The van der Waals surface area contributed by atoms with E-state index in [1.807, 2.05) is 25.1 Å². The van der Waals surface area contributed by atoms with Crippen molar-refractivity contribution in [2.45, 2.75) is 44.7 Å². The van der Waals surface area contributed by atoms with E-state index in [9.17, 15) is 0 Å². The number of likely N-dealkylation sites (tertiary alicyclic amines) is 1. The number of hydrogen-bond donors (Lipinski definition) is 1. The van der Waals surface area contributed by atoms with Crippen LogP contribution in [0, 0.1) is 0 Å². The van der Waals surface area contributed by atoms with Crippen LogP contribution < -0.4 is 10.5 Å². The molecular weight excluding hydrogens is 272 g/mol. The van der Waals surface area contributed by atoms with Gasteiger partial charge in [0.2, 0.25) is 0 Å². The maximum absolute atomic E-state index is 6.02. The molecule has 2 atom stereocenters. The van der Waals surface area contributed by atoms with Gasteiger partial charge in [0.25, 0.3) is 0 Å². The molecular formula is C16H25ClN2O. The summed E-state index contributed by atoms with van der Waals surface area (Å²) in [6.45, 7) is 3.89. The van der Waals surface area contributed by atoms with E-state index in [2.05, 4.69) is 11.9 Å². The van der Waals surface area contributed by atoms with Gasteiger partial charge in [0.1, 0.15) is 5.75 Å². The van der Waals surface area contributed by atoms with Gasteiger partial charge < -0.3 is 15.4 Å². The Hall–Kier alpha value is -0.770. The zero-order valence-electron chi connectivity index (χ0n) is 12.4. The summed E-state index contributed by atoms with van der Waals surface area (Å²) < 4.78 is 5.94. The summed E-state index contributed by atoms with van der Waals surface area (Å²) >= 11 is 6.02. The molecule has 1 aliphatic heterocycles. The molecule has 4 heteroatoms. The summed E-state index contributed by atoms with van der Waals surface area (Å²) in [5.74, 6) is 0.864. The Labute approximate surface area is 127 Å². The number of halogens is 1. The van der Waals surface area contributed by atoms with Gasteiger partial charge in [-0.3, -0.25) is 0 Å². The van der Waals surface area contributed by atoms with Crippen molar-refractivity contribution in [2.75, 3.05) is 20.2 Å². The molecule has 1 aliphatic rings. The van der Waals surface area contributed by atoms with E-state index in [0.29, 0.717) is 11.1 Å². The molecule has 1 fully saturated rings. The van der Waals surface area contributed by atoms with Crippen LogP contribution in [0.5, 0.6) is 5.75 Å². The molecule has 0 radical (unpaired) electrons. The van der Waals surface area contributed by atoms with Crippen molar-refractivity contribution in [3.05, 3.63) is 28.8 Å². The topological polar surface area (TPSA) is 38.5 Å². The lowest BCUT2D eigenvalue weighted by Gasteiger charge is -2.32. The number of nitrogens with two attached hydrogens (primary N) is 1. The Kier molecular flexibility index (Phi) is 5.70. The Morgan fingerprint density at radius 2 is 2.25 bits per heavy atom. The molecule has 1 aromatic rings. The molecule has 112 valence electrons. The second-order valence-corrected chi connectivity index (χ2v) is 6.17. The summed E-state index contributed by atoms with van der Waals surface area (Å²) in [5, 5.41) is 0.705. The lowest BCUT2D eigenvalue weighted by atomic mass is 10.0. The van der Waals surface area contributed by atoms with Crippen LogP contribution in [-0.4, -0.2) is 31.1 Å². The predicted molar refractivity (Wildman–Crippen MR) is 84.4 cm³/mol. The van der Waals surface area contributed by atoms with Crippen molar-refractivity contribution in [1.29, 1.82) is 0 Å². The standard InChI is InChI=1S/C16H25ClN2O/c1-12(18)15-11-13(17)6-7-16(15)20-10-8-14-5-3-4-9-19(14)2/h6-7,11-12,14H,3-5,8-10,18H2,1-2H3/t12-,14?/m1/s1. The number of rotatable bonds is 5. The molecule has 1 saturated heterocycles. The van der Waals surface area contributed by atoms with Crippen LogP contribution in [0.15, 0.2) is 18.2 Å². The van der Waals surface area contributed by atoms with E-state index in [4.69, 9.17) is 22.1 Å². The molecule has 0 amide bonds. The average molecular weight is 297 g/mol. The van der Waals surface area contributed by atoms with Crippen molar-refractivity contribution in [3.8, 4) is 5.75 Å². The van der Waals surface area contributed by atoms with Gasteiger partial charge in [-0.25, -0.2) is 0 Å². The monoisotopic (exact) mass is 296 g/mol. The van der Waals surface area contributed by atoms with Gasteiger partial charge in [0.05, 0.1) is 6.61 Å². The van der Waals surface area contributed by atoms with Gasteiger partial charge in [0.15, 0.2) is 0 Å². The Balaban J connectivity index is 1.90. The molecule has 3 nitrogen and oxygen atoms in total. The van der Waals surface area contributed by atoms with Crippen LogP contribution in [0.25, 0.3) is 0 Å². The van der Waals surface area contributed by atoms with Crippen molar-refractivity contribution >= 4 is 11.6 Å². The minimum atomic E-state index is -0.0685. The van der Waals surface area contributed by atoms with Crippen molar-refractivity contribution < 1.29 is 4.74 Å². The molecule has 0 aliphatic carbocycles. The molecule has 0 aromatic heterocycles. The number of hydrogen-bond acceptors (Lipinski definition) is 3. The zero-order chi connectivity index (χ0) is 14.5. The first kappa shape index (κ1) is 15.6. The SMILES string of the molecule is C[C@@H](N)c1cc(Cl)ccc1OCCC1CCCCN1C. The highest BCUT2D eigenvalue weighted by Crippen LogP contribution is 2.27. The van der Waals surface area contributed by atoms with Crippen molar-refractivity contribution in [3.63, 3.8) is 0 Å². The number of ether oxygens (including phenoxy) is 1. The Bertz CT molecular complexity index is 436. The van der Waals surface area contributed by atoms with Crippen LogP contribution >= 0.6 is 11.6 Å². The third-order valence-corrected chi connectivity index (χ3v) is 4.33. The van der Waals surface area contributed by atoms with Crippen LogP contribution in [0.1, 0.15) is 44.2 Å². The third-order valence-electron chi connectivity index (χ3n) is 4.09. The lowest BCUT2D eigenvalue weighted by Crippen LogP contribution is -2.37. The maximum Gasteiger partial charge on any atom is 0.124 e. The smallest absolute Gasteiger partial charge is 0.124 e. The van der Waals surface area contributed by atoms with E-state index >= 15 is 0 Å². The minimum Gasteiger partial charge on any atom is -0.493 e. The number of benzene rings is 1. The second-order valence-electron chi connectivity index (χ2n) is 5.74. The molecule has 20 heavy (non-hydrogen) atoms. The molecule has 1 aromatic carbocycles.